The van der Waals surface area contributed by atoms with E-state index in [0.29, 0.717) is 19.5 Å². The Balaban J connectivity index is 0.00000324. The Morgan fingerprint density at radius 3 is 2.44 bits per heavy atom. The zero-order valence-electron chi connectivity index (χ0n) is 20.5. The molecular formula is C28H38ClN3O2. The summed E-state index contributed by atoms with van der Waals surface area (Å²) in [5, 5.41) is 0. The highest BCUT2D eigenvalue weighted by Crippen LogP contribution is 2.25. The zero-order valence-corrected chi connectivity index (χ0v) is 21.3. The molecule has 0 radical (unpaired) electrons. The van der Waals surface area contributed by atoms with Crippen LogP contribution in [0, 0.1) is 18.8 Å². The van der Waals surface area contributed by atoms with Crippen molar-refractivity contribution in [2.75, 3.05) is 44.7 Å². The van der Waals surface area contributed by atoms with Crippen molar-refractivity contribution in [3.8, 4) is 0 Å². The highest BCUT2D eigenvalue weighted by atomic mass is 35.5. The Kier molecular flexibility index (Phi) is 9.54. The van der Waals surface area contributed by atoms with E-state index in [0.717, 1.165) is 43.2 Å². The van der Waals surface area contributed by atoms with Crippen molar-refractivity contribution in [2.45, 2.75) is 39.0 Å². The van der Waals surface area contributed by atoms with Gasteiger partial charge in [-0.1, -0.05) is 42.5 Å². The Morgan fingerprint density at radius 1 is 1.06 bits per heavy atom. The van der Waals surface area contributed by atoms with Gasteiger partial charge in [-0.15, -0.1) is 12.4 Å². The maximum absolute atomic E-state index is 13.4. The molecule has 2 aliphatic heterocycles. The smallest absolute Gasteiger partial charge is 0.232 e. The molecule has 0 bridgehead atoms. The lowest BCUT2D eigenvalue weighted by Crippen LogP contribution is -2.40. The van der Waals surface area contributed by atoms with Crippen LogP contribution in [0.25, 0.3) is 0 Å². The summed E-state index contributed by atoms with van der Waals surface area (Å²) in [4.78, 5) is 31.5. The molecule has 2 aromatic rings. The van der Waals surface area contributed by atoms with Crippen LogP contribution in [0.5, 0.6) is 0 Å². The van der Waals surface area contributed by atoms with Gasteiger partial charge >= 0.3 is 0 Å². The second-order valence-electron chi connectivity index (χ2n) is 9.83. The number of anilines is 1. The average Bonchev–Trinajstić information content (AvgIpc) is 3.16. The van der Waals surface area contributed by atoms with Crippen LogP contribution in [0.1, 0.15) is 36.8 Å². The van der Waals surface area contributed by atoms with Gasteiger partial charge in [0.2, 0.25) is 11.8 Å². The second-order valence-corrected chi connectivity index (χ2v) is 9.83. The van der Waals surface area contributed by atoms with Gasteiger partial charge < -0.3 is 14.7 Å². The van der Waals surface area contributed by atoms with Crippen molar-refractivity contribution in [1.82, 2.24) is 9.80 Å². The lowest BCUT2D eigenvalue weighted by atomic mass is 9.90. The summed E-state index contributed by atoms with van der Waals surface area (Å²) >= 11 is 0. The summed E-state index contributed by atoms with van der Waals surface area (Å²) in [7, 11) is 1.79. The number of hydrogen-bond acceptors (Lipinski definition) is 3. The number of piperidine rings is 1. The lowest BCUT2D eigenvalue weighted by Gasteiger charge is -2.33. The fourth-order valence-corrected chi connectivity index (χ4v) is 5.23. The molecule has 0 aliphatic carbocycles. The summed E-state index contributed by atoms with van der Waals surface area (Å²) < 4.78 is 0. The molecule has 0 aromatic heterocycles. The van der Waals surface area contributed by atoms with E-state index in [4.69, 9.17) is 0 Å². The first-order valence-electron chi connectivity index (χ1n) is 12.4. The minimum Gasteiger partial charge on any atom is -0.345 e. The third-order valence-corrected chi connectivity index (χ3v) is 7.20. The van der Waals surface area contributed by atoms with Crippen LogP contribution in [0.3, 0.4) is 0 Å². The number of hydrogen-bond donors (Lipinski definition) is 0. The second kappa shape index (κ2) is 12.4. The van der Waals surface area contributed by atoms with Crippen molar-refractivity contribution < 1.29 is 9.59 Å². The molecule has 0 N–H and O–H groups in total. The predicted octanol–water partition coefficient (Wildman–Crippen LogP) is 4.57. The summed E-state index contributed by atoms with van der Waals surface area (Å²) in [6.45, 7) is 6.56. The van der Waals surface area contributed by atoms with Gasteiger partial charge in [0, 0.05) is 32.2 Å². The van der Waals surface area contributed by atoms with Gasteiger partial charge in [-0.25, -0.2) is 0 Å². The van der Waals surface area contributed by atoms with Crippen LogP contribution in [-0.4, -0.2) is 61.4 Å². The molecule has 2 heterocycles. The number of carbonyl (C=O) groups is 2. The number of nitrogens with zero attached hydrogens (tertiary/aromatic N) is 3. The Hall–Kier alpha value is -2.37. The fourth-order valence-electron chi connectivity index (χ4n) is 5.23. The van der Waals surface area contributed by atoms with Crippen molar-refractivity contribution in [3.05, 3.63) is 65.7 Å². The molecule has 4 rings (SSSR count). The van der Waals surface area contributed by atoms with Gasteiger partial charge in [-0.2, -0.15) is 0 Å². The minimum absolute atomic E-state index is 0. The molecule has 184 valence electrons. The first-order valence-corrected chi connectivity index (χ1v) is 12.4. The maximum atomic E-state index is 13.4. The van der Waals surface area contributed by atoms with Crippen molar-refractivity contribution >= 4 is 29.9 Å². The highest BCUT2D eigenvalue weighted by Gasteiger charge is 2.35. The Bertz CT molecular complexity index is 944. The normalized spacial score (nSPS) is 19.2. The van der Waals surface area contributed by atoms with Crippen LogP contribution < -0.4 is 4.90 Å². The molecule has 1 unspecified atom stereocenters. The summed E-state index contributed by atoms with van der Waals surface area (Å²) in [6, 6.07) is 19.0. The van der Waals surface area contributed by atoms with Gasteiger partial charge in [-0.3, -0.25) is 9.59 Å². The topological polar surface area (TPSA) is 43.9 Å². The van der Waals surface area contributed by atoms with E-state index >= 15 is 0 Å². The quantitative estimate of drug-likeness (QED) is 0.552. The molecule has 5 nitrogen and oxygen atoms in total. The van der Waals surface area contributed by atoms with Crippen molar-refractivity contribution in [3.63, 3.8) is 0 Å². The fraction of sp³-hybridized carbons (Fsp3) is 0.500. The predicted molar refractivity (Wildman–Crippen MR) is 140 cm³/mol. The molecule has 2 aromatic carbocycles. The summed E-state index contributed by atoms with van der Waals surface area (Å²) in [5.41, 5.74) is 3.54. The van der Waals surface area contributed by atoms with Crippen molar-refractivity contribution in [2.24, 2.45) is 11.8 Å². The van der Waals surface area contributed by atoms with Gasteiger partial charge in [0.1, 0.15) is 0 Å². The third kappa shape index (κ3) is 6.83. The van der Waals surface area contributed by atoms with E-state index in [9.17, 15) is 9.59 Å². The van der Waals surface area contributed by atoms with E-state index in [1.165, 1.54) is 24.8 Å². The average molecular weight is 484 g/mol. The zero-order chi connectivity index (χ0) is 23.2. The number of amides is 2. The van der Waals surface area contributed by atoms with Crippen LogP contribution in [0.4, 0.5) is 5.69 Å². The Labute approximate surface area is 210 Å². The van der Waals surface area contributed by atoms with Gasteiger partial charge in [0.05, 0.1) is 5.92 Å². The SMILES string of the molecule is Cc1cccc(N(CCCN2CCC(Cc3ccccc3)CC2)C(=O)C2CC(=O)N(C)C2)c1.Cl. The molecule has 0 saturated carbocycles. The first-order chi connectivity index (χ1) is 16.0. The molecule has 2 amide bonds. The monoisotopic (exact) mass is 483 g/mol. The molecule has 6 heteroatoms. The number of halogens is 1. The van der Waals surface area contributed by atoms with Crippen LogP contribution in [0.2, 0.25) is 0 Å². The summed E-state index contributed by atoms with van der Waals surface area (Å²) in [5.74, 6) is 0.679. The minimum atomic E-state index is -0.239. The molecule has 2 aliphatic rings. The number of rotatable bonds is 8. The number of likely N-dealkylation sites (tertiary alicyclic amines) is 2. The van der Waals surface area contributed by atoms with Gasteiger partial charge in [0.25, 0.3) is 0 Å². The van der Waals surface area contributed by atoms with E-state index in [-0.39, 0.29) is 30.1 Å². The van der Waals surface area contributed by atoms with Gasteiger partial charge in [-0.05, 0) is 81.4 Å². The van der Waals surface area contributed by atoms with E-state index in [1.807, 2.05) is 17.0 Å². The number of benzene rings is 2. The van der Waals surface area contributed by atoms with Gasteiger partial charge in [0.15, 0.2) is 0 Å². The largest absolute Gasteiger partial charge is 0.345 e. The summed E-state index contributed by atoms with van der Waals surface area (Å²) in [6.07, 6.45) is 4.93. The molecule has 34 heavy (non-hydrogen) atoms. The van der Waals surface area contributed by atoms with Crippen LogP contribution in [-0.2, 0) is 16.0 Å². The number of carbonyl (C=O) groups excluding carboxylic acids is 2. The Morgan fingerprint density at radius 2 is 1.79 bits per heavy atom. The standard InChI is InChI=1S/C28H37N3O2.ClH/c1-22-8-6-11-26(18-22)31(28(33)25-20-27(32)29(2)21-25)15-7-14-30-16-12-24(13-17-30)19-23-9-4-3-5-10-23;/h3-6,8-11,18,24-25H,7,12-17,19-21H2,1-2H3;1H. The molecule has 0 spiro atoms. The van der Waals surface area contributed by atoms with Crippen LogP contribution in [0.15, 0.2) is 54.6 Å². The van der Waals surface area contributed by atoms with E-state index in [1.54, 1.807) is 11.9 Å². The highest BCUT2D eigenvalue weighted by molar-refractivity contribution is 5.99. The molecule has 2 saturated heterocycles. The maximum Gasteiger partial charge on any atom is 0.232 e. The van der Waals surface area contributed by atoms with E-state index < -0.39 is 0 Å². The first kappa shape index (κ1) is 26.2. The molecule has 1 atom stereocenters. The van der Waals surface area contributed by atoms with Crippen molar-refractivity contribution in [1.29, 1.82) is 0 Å². The van der Waals surface area contributed by atoms with Crippen LogP contribution >= 0.6 is 12.4 Å². The van der Waals surface area contributed by atoms with E-state index in [2.05, 4.69) is 54.3 Å². The lowest BCUT2D eigenvalue weighted by molar-refractivity contribution is -0.127. The number of aryl methyl sites for hydroxylation is 1. The molecular weight excluding hydrogens is 446 g/mol. The third-order valence-electron chi connectivity index (χ3n) is 7.20. The molecule has 2 fully saturated rings.